The SMILES string of the molecule is NC(=O)c1ccccc1S(=O)(=O)c1ccccc1.O=C(O)N1CCc2nccnc2C1. The van der Waals surface area contributed by atoms with Crippen molar-refractivity contribution in [2.75, 3.05) is 6.54 Å². The lowest BCUT2D eigenvalue weighted by atomic mass is 10.1. The van der Waals surface area contributed by atoms with Crippen LogP contribution in [0.1, 0.15) is 21.7 Å². The maximum atomic E-state index is 12.4. The van der Waals surface area contributed by atoms with E-state index in [-0.39, 0.29) is 15.4 Å². The van der Waals surface area contributed by atoms with Gasteiger partial charge in [0, 0.05) is 25.4 Å². The van der Waals surface area contributed by atoms with Crippen molar-refractivity contribution in [3.63, 3.8) is 0 Å². The lowest BCUT2D eigenvalue weighted by molar-refractivity contribution is 0.0997. The molecular weight excluding hydrogens is 420 g/mol. The van der Waals surface area contributed by atoms with Crippen LogP contribution < -0.4 is 5.73 Å². The van der Waals surface area contributed by atoms with E-state index in [1.165, 1.54) is 29.2 Å². The largest absolute Gasteiger partial charge is 0.465 e. The predicted octanol–water partition coefficient (Wildman–Crippen LogP) is 2.13. The second-order valence-corrected chi connectivity index (χ2v) is 8.50. The van der Waals surface area contributed by atoms with Gasteiger partial charge in [-0.05, 0) is 24.3 Å². The summed E-state index contributed by atoms with van der Waals surface area (Å²) in [6, 6.07) is 13.8. The Morgan fingerprint density at radius 1 is 0.935 bits per heavy atom. The molecule has 10 heteroatoms. The third-order valence-corrected chi connectivity index (χ3v) is 6.41. The molecule has 2 amide bonds. The molecule has 2 heterocycles. The van der Waals surface area contributed by atoms with E-state index >= 15 is 0 Å². The zero-order chi connectivity index (χ0) is 22.4. The number of hydrogen-bond acceptors (Lipinski definition) is 6. The van der Waals surface area contributed by atoms with E-state index in [0.717, 1.165) is 11.4 Å². The summed E-state index contributed by atoms with van der Waals surface area (Å²) in [4.78, 5) is 31.5. The number of amides is 2. The average Bonchev–Trinajstić information content (AvgIpc) is 2.79. The molecule has 1 aromatic heterocycles. The topological polar surface area (TPSA) is 144 Å². The number of primary amides is 1. The highest BCUT2D eigenvalue weighted by molar-refractivity contribution is 7.91. The van der Waals surface area contributed by atoms with E-state index < -0.39 is 21.8 Å². The molecule has 9 nitrogen and oxygen atoms in total. The Morgan fingerprint density at radius 2 is 1.55 bits per heavy atom. The highest BCUT2D eigenvalue weighted by atomic mass is 32.2. The number of sulfone groups is 1. The minimum absolute atomic E-state index is 0.00125. The zero-order valence-corrected chi connectivity index (χ0v) is 17.2. The number of fused-ring (bicyclic) bond motifs is 1. The maximum Gasteiger partial charge on any atom is 0.407 e. The van der Waals surface area contributed by atoms with Gasteiger partial charge in [-0.2, -0.15) is 0 Å². The molecule has 0 radical (unpaired) electrons. The van der Waals surface area contributed by atoms with Gasteiger partial charge in [-0.15, -0.1) is 0 Å². The number of nitrogens with zero attached hydrogens (tertiary/aromatic N) is 3. The van der Waals surface area contributed by atoms with E-state index in [2.05, 4.69) is 9.97 Å². The molecule has 0 unspecified atom stereocenters. The van der Waals surface area contributed by atoms with Crippen LogP contribution in [-0.4, -0.2) is 46.9 Å². The van der Waals surface area contributed by atoms with E-state index in [9.17, 15) is 18.0 Å². The van der Waals surface area contributed by atoms with Gasteiger partial charge in [-0.3, -0.25) is 14.8 Å². The first-order valence-electron chi connectivity index (χ1n) is 9.26. The Labute approximate surface area is 179 Å². The Hall–Kier alpha value is -3.79. The quantitative estimate of drug-likeness (QED) is 0.635. The fraction of sp³-hybridized carbons (Fsp3) is 0.143. The smallest absolute Gasteiger partial charge is 0.407 e. The maximum absolute atomic E-state index is 12.4. The van der Waals surface area contributed by atoms with Gasteiger partial charge in [0.05, 0.1) is 33.3 Å². The predicted molar refractivity (Wildman–Crippen MR) is 111 cm³/mol. The molecule has 0 atom stereocenters. The number of carboxylic acid groups (broad SMARTS) is 1. The molecule has 0 saturated heterocycles. The van der Waals surface area contributed by atoms with Gasteiger partial charge in [0.1, 0.15) is 0 Å². The Bertz CT molecular complexity index is 1200. The van der Waals surface area contributed by atoms with Crippen LogP contribution in [0.4, 0.5) is 4.79 Å². The molecule has 1 aliphatic heterocycles. The van der Waals surface area contributed by atoms with E-state index in [1.807, 2.05) is 0 Å². The van der Waals surface area contributed by atoms with Crippen molar-refractivity contribution in [1.29, 1.82) is 0 Å². The number of benzene rings is 2. The van der Waals surface area contributed by atoms with Crippen LogP contribution in [0, 0.1) is 0 Å². The van der Waals surface area contributed by atoms with Crippen LogP contribution in [0.2, 0.25) is 0 Å². The zero-order valence-electron chi connectivity index (χ0n) is 16.4. The minimum Gasteiger partial charge on any atom is -0.465 e. The third-order valence-electron chi connectivity index (χ3n) is 4.59. The van der Waals surface area contributed by atoms with Crippen molar-refractivity contribution in [1.82, 2.24) is 14.9 Å². The molecule has 160 valence electrons. The van der Waals surface area contributed by atoms with Crippen LogP contribution in [0.3, 0.4) is 0 Å². The van der Waals surface area contributed by atoms with Crippen molar-refractivity contribution in [3.8, 4) is 0 Å². The Balaban J connectivity index is 0.000000185. The normalized spacial score (nSPS) is 12.8. The number of aromatic nitrogens is 2. The van der Waals surface area contributed by atoms with Crippen LogP contribution in [0.15, 0.2) is 76.8 Å². The summed E-state index contributed by atoms with van der Waals surface area (Å²) in [5.41, 5.74) is 6.88. The summed E-state index contributed by atoms with van der Waals surface area (Å²) in [7, 11) is -3.72. The van der Waals surface area contributed by atoms with Gasteiger partial charge in [0.25, 0.3) is 0 Å². The second-order valence-electron chi connectivity index (χ2n) is 6.58. The van der Waals surface area contributed by atoms with Crippen molar-refractivity contribution in [3.05, 3.63) is 83.9 Å². The first-order valence-corrected chi connectivity index (χ1v) is 10.7. The summed E-state index contributed by atoms with van der Waals surface area (Å²) in [6.07, 6.45) is 2.99. The first-order chi connectivity index (χ1) is 14.8. The van der Waals surface area contributed by atoms with Crippen LogP contribution in [0.5, 0.6) is 0 Å². The Kier molecular flexibility index (Phi) is 6.61. The molecule has 0 bridgehead atoms. The molecule has 3 N–H and O–H groups in total. The number of carbonyl (C=O) groups is 2. The number of rotatable bonds is 3. The summed E-state index contributed by atoms with van der Waals surface area (Å²) < 4.78 is 24.7. The average molecular weight is 440 g/mol. The van der Waals surface area contributed by atoms with Gasteiger partial charge in [0.2, 0.25) is 15.7 Å². The van der Waals surface area contributed by atoms with Crippen molar-refractivity contribution in [2.45, 2.75) is 22.8 Å². The third kappa shape index (κ3) is 5.04. The summed E-state index contributed by atoms with van der Waals surface area (Å²) in [5, 5.41) is 8.74. The van der Waals surface area contributed by atoms with Gasteiger partial charge in [-0.1, -0.05) is 30.3 Å². The fourth-order valence-corrected chi connectivity index (χ4v) is 4.52. The lowest BCUT2D eigenvalue weighted by Gasteiger charge is -2.24. The van der Waals surface area contributed by atoms with Crippen LogP contribution in [0.25, 0.3) is 0 Å². The lowest BCUT2D eigenvalue weighted by Crippen LogP contribution is -2.35. The fourth-order valence-electron chi connectivity index (χ4n) is 3.03. The molecular formula is C21H20N4O5S. The van der Waals surface area contributed by atoms with E-state index in [0.29, 0.717) is 19.5 Å². The number of nitrogens with two attached hydrogens (primary N) is 1. The highest BCUT2D eigenvalue weighted by Crippen LogP contribution is 2.23. The molecule has 3 aromatic rings. The van der Waals surface area contributed by atoms with E-state index in [1.54, 1.807) is 42.7 Å². The first kappa shape index (κ1) is 21.9. The van der Waals surface area contributed by atoms with Crippen molar-refractivity contribution in [2.24, 2.45) is 5.73 Å². The van der Waals surface area contributed by atoms with Crippen molar-refractivity contribution >= 4 is 21.8 Å². The summed E-state index contributed by atoms with van der Waals surface area (Å²) in [5.74, 6) is -0.759. The molecule has 0 aliphatic carbocycles. The highest BCUT2D eigenvalue weighted by Gasteiger charge is 2.23. The Morgan fingerprint density at radius 3 is 2.19 bits per heavy atom. The van der Waals surface area contributed by atoms with Crippen LogP contribution >= 0.6 is 0 Å². The molecule has 0 spiro atoms. The molecule has 0 fully saturated rings. The summed E-state index contributed by atoms with van der Waals surface area (Å²) in [6.45, 7) is 0.875. The minimum atomic E-state index is -3.72. The standard InChI is InChI=1S/C13H11NO3S.C8H9N3O2/c14-13(15)11-8-4-5-9-12(11)18(16,17)10-6-2-1-3-7-10;12-8(13)11-4-1-6-7(5-11)10-3-2-9-6/h1-9H,(H2,14,15);2-3H,1,4-5H2,(H,12,13). The van der Waals surface area contributed by atoms with Gasteiger partial charge < -0.3 is 15.7 Å². The molecule has 4 rings (SSSR count). The summed E-state index contributed by atoms with van der Waals surface area (Å²) >= 11 is 0. The molecule has 1 aliphatic rings. The molecule has 2 aromatic carbocycles. The van der Waals surface area contributed by atoms with E-state index in [4.69, 9.17) is 10.8 Å². The van der Waals surface area contributed by atoms with Gasteiger partial charge in [0.15, 0.2) is 0 Å². The second kappa shape index (κ2) is 9.35. The molecule has 0 saturated carbocycles. The molecule has 31 heavy (non-hydrogen) atoms. The van der Waals surface area contributed by atoms with Gasteiger partial charge >= 0.3 is 6.09 Å². The number of hydrogen-bond donors (Lipinski definition) is 2. The monoisotopic (exact) mass is 440 g/mol. The van der Waals surface area contributed by atoms with Crippen molar-refractivity contribution < 1.29 is 23.1 Å². The van der Waals surface area contributed by atoms with Crippen LogP contribution in [-0.2, 0) is 22.8 Å². The number of carbonyl (C=O) groups excluding carboxylic acids is 1. The van der Waals surface area contributed by atoms with Gasteiger partial charge in [-0.25, -0.2) is 13.2 Å².